The average molecular weight is 383 g/mol. The molecule has 0 bridgehead atoms. The maximum Gasteiger partial charge on any atom is 0.318 e. The summed E-state index contributed by atoms with van der Waals surface area (Å²) in [6.45, 7) is 5.08. The molecule has 2 aromatic carbocycles. The molecule has 0 saturated carbocycles. The van der Waals surface area contributed by atoms with Crippen LogP contribution in [0, 0.1) is 0 Å². The van der Waals surface area contributed by atoms with Crippen molar-refractivity contribution in [3.8, 4) is 11.5 Å². The van der Waals surface area contributed by atoms with E-state index in [4.69, 9.17) is 9.47 Å². The Morgan fingerprint density at radius 1 is 1.00 bits per heavy atom. The number of ether oxygens (including phenoxy) is 2. The number of carbonyl (C=O) groups excluding carboxylic acids is 1. The number of amides is 2. The van der Waals surface area contributed by atoms with E-state index in [2.05, 4.69) is 23.2 Å². The van der Waals surface area contributed by atoms with E-state index in [0.717, 1.165) is 42.3 Å². The molecule has 2 amide bonds. The van der Waals surface area contributed by atoms with Gasteiger partial charge in [-0.1, -0.05) is 25.1 Å². The molecule has 1 heterocycles. The van der Waals surface area contributed by atoms with Crippen molar-refractivity contribution in [2.45, 2.75) is 19.4 Å². The number of carbonyl (C=O) groups is 1. The van der Waals surface area contributed by atoms with Crippen molar-refractivity contribution in [2.24, 2.45) is 0 Å². The van der Waals surface area contributed by atoms with E-state index in [1.54, 1.807) is 14.2 Å². The third-order valence-electron chi connectivity index (χ3n) is 5.21. The molecule has 1 unspecified atom stereocenters. The second-order valence-corrected chi connectivity index (χ2v) is 6.86. The van der Waals surface area contributed by atoms with E-state index in [-0.39, 0.29) is 12.1 Å². The fourth-order valence-electron chi connectivity index (χ4n) is 3.47. The smallest absolute Gasteiger partial charge is 0.318 e. The van der Waals surface area contributed by atoms with Gasteiger partial charge >= 0.3 is 6.03 Å². The lowest BCUT2D eigenvalue weighted by Gasteiger charge is -2.36. The monoisotopic (exact) mass is 383 g/mol. The summed E-state index contributed by atoms with van der Waals surface area (Å²) in [5.41, 5.74) is 2.22. The van der Waals surface area contributed by atoms with Gasteiger partial charge in [-0.2, -0.15) is 0 Å². The van der Waals surface area contributed by atoms with Gasteiger partial charge in [-0.05, 0) is 36.2 Å². The van der Waals surface area contributed by atoms with Crippen LogP contribution in [-0.4, -0.2) is 51.3 Å². The highest BCUT2D eigenvalue weighted by atomic mass is 16.5. The third-order valence-corrected chi connectivity index (χ3v) is 5.21. The van der Waals surface area contributed by atoms with Crippen LogP contribution in [0.2, 0.25) is 0 Å². The van der Waals surface area contributed by atoms with Crippen molar-refractivity contribution in [1.82, 2.24) is 10.2 Å². The van der Waals surface area contributed by atoms with Crippen LogP contribution in [0.5, 0.6) is 11.5 Å². The number of hydrogen-bond acceptors (Lipinski definition) is 4. The van der Waals surface area contributed by atoms with E-state index in [0.29, 0.717) is 13.1 Å². The number of anilines is 1. The third kappa shape index (κ3) is 4.68. The van der Waals surface area contributed by atoms with Gasteiger partial charge in [0, 0.05) is 37.9 Å². The molecule has 6 heteroatoms. The summed E-state index contributed by atoms with van der Waals surface area (Å²) < 4.78 is 10.5. The number of benzene rings is 2. The van der Waals surface area contributed by atoms with Gasteiger partial charge in [-0.15, -0.1) is 0 Å². The first-order valence-corrected chi connectivity index (χ1v) is 9.73. The van der Waals surface area contributed by atoms with Crippen molar-refractivity contribution in [2.75, 3.05) is 45.3 Å². The van der Waals surface area contributed by atoms with Gasteiger partial charge in [-0.25, -0.2) is 4.79 Å². The van der Waals surface area contributed by atoms with Crippen LogP contribution in [0.1, 0.15) is 24.9 Å². The van der Waals surface area contributed by atoms with Gasteiger partial charge < -0.3 is 24.6 Å². The molecule has 3 rings (SSSR count). The van der Waals surface area contributed by atoms with Gasteiger partial charge in [0.2, 0.25) is 0 Å². The van der Waals surface area contributed by atoms with Crippen LogP contribution in [0.3, 0.4) is 0 Å². The first-order chi connectivity index (χ1) is 13.6. The second-order valence-electron chi connectivity index (χ2n) is 6.86. The normalized spacial score (nSPS) is 15.1. The number of piperazine rings is 1. The van der Waals surface area contributed by atoms with Crippen molar-refractivity contribution < 1.29 is 14.3 Å². The Hall–Kier alpha value is -2.89. The second kappa shape index (κ2) is 9.35. The highest BCUT2D eigenvalue weighted by Crippen LogP contribution is 2.23. The van der Waals surface area contributed by atoms with E-state index in [1.165, 1.54) is 0 Å². The Labute approximate surface area is 167 Å². The highest BCUT2D eigenvalue weighted by molar-refractivity contribution is 5.75. The van der Waals surface area contributed by atoms with E-state index < -0.39 is 0 Å². The molecule has 0 spiro atoms. The van der Waals surface area contributed by atoms with Crippen LogP contribution in [0.25, 0.3) is 0 Å². The summed E-state index contributed by atoms with van der Waals surface area (Å²) in [6.07, 6.45) is 0.835. The molecule has 1 aliphatic heterocycles. The number of rotatable bonds is 6. The van der Waals surface area contributed by atoms with Crippen molar-refractivity contribution in [3.63, 3.8) is 0 Å². The van der Waals surface area contributed by atoms with Gasteiger partial charge in [0.15, 0.2) is 0 Å². The summed E-state index contributed by atoms with van der Waals surface area (Å²) >= 11 is 0. The van der Waals surface area contributed by atoms with Crippen LogP contribution in [0.4, 0.5) is 10.5 Å². The van der Waals surface area contributed by atoms with Crippen LogP contribution >= 0.6 is 0 Å². The van der Waals surface area contributed by atoms with Gasteiger partial charge in [0.05, 0.1) is 20.3 Å². The molecule has 0 aromatic heterocycles. The Balaban J connectivity index is 1.56. The number of nitrogens with one attached hydrogen (secondary N) is 1. The molecule has 1 atom stereocenters. The summed E-state index contributed by atoms with van der Waals surface area (Å²) in [5.74, 6) is 1.67. The van der Waals surface area contributed by atoms with Gasteiger partial charge in [0.25, 0.3) is 0 Å². The summed E-state index contributed by atoms with van der Waals surface area (Å²) in [7, 11) is 3.33. The first kappa shape index (κ1) is 19.9. The highest BCUT2D eigenvalue weighted by Gasteiger charge is 2.23. The lowest BCUT2D eigenvalue weighted by Crippen LogP contribution is -2.52. The van der Waals surface area contributed by atoms with E-state index in [9.17, 15) is 4.79 Å². The molecule has 1 saturated heterocycles. The predicted molar refractivity (Wildman–Crippen MR) is 111 cm³/mol. The van der Waals surface area contributed by atoms with Crippen molar-refractivity contribution in [1.29, 1.82) is 0 Å². The maximum atomic E-state index is 12.8. The number of methoxy groups -OCH3 is 2. The molecule has 0 radical (unpaired) electrons. The zero-order chi connectivity index (χ0) is 19.9. The summed E-state index contributed by atoms with van der Waals surface area (Å²) in [4.78, 5) is 16.9. The molecule has 28 heavy (non-hydrogen) atoms. The number of urea groups is 1. The quantitative estimate of drug-likeness (QED) is 0.827. The minimum Gasteiger partial charge on any atom is -0.497 e. The minimum absolute atomic E-state index is 0.00480. The molecule has 150 valence electrons. The molecule has 1 aliphatic rings. The number of hydrogen-bond donors (Lipinski definition) is 1. The average Bonchev–Trinajstić information content (AvgIpc) is 2.77. The molecular weight excluding hydrogens is 354 g/mol. The molecule has 0 aliphatic carbocycles. The van der Waals surface area contributed by atoms with Crippen molar-refractivity contribution >= 4 is 11.7 Å². The predicted octanol–water partition coefficient (Wildman–Crippen LogP) is 3.69. The molecule has 1 fully saturated rings. The number of nitrogens with zero attached hydrogens (tertiary/aromatic N) is 2. The lowest BCUT2D eigenvalue weighted by atomic mass is 10.0. The standard InChI is InChI=1S/C22H29N3O3/c1-4-21(17-8-10-19(27-2)11-9-17)23-22(26)25-14-12-24(13-15-25)18-6-5-7-20(16-18)28-3/h5-11,16,21H,4,12-15H2,1-3H3,(H,23,26). The summed E-state index contributed by atoms with van der Waals surface area (Å²) in [6, 6.07) is 15.9. The SMILES string of the molecule is CCC(NC(=O)N1CCN(c2cccc(OC)c2)CC1)c1ccc(OC)cc1. The van der Waals surface area contributed by atoms with Crippen molar-refractivity contribution in [3.05, 3.63) is 54.1 Å². The van der Waals surface area contributed by atoms with Crippen LogP contribution < -0.4 is 19.7 Å². The van der Waals surface area contributed by atoms with Crippen LogP contribution in [0.15, 0.2) is 48.5 Å². The Morgan fingerprint density at radius 2 is 1.68 bits per heavy atom. The fourth-order valence-corrected chi connectivity index (χ4v) is 3.47. The first-order valence-electron chi connectivity index (χ1n) is 9.73. The fraction of sp³-hybridized carbons (Fsp3) is 0.409. The Kier molecular flexibility index (Phi) is 6.63. The topological polar surface area (TPSA) is 54.0 Å². The molecule has 6 nitrogen and oxygen atoms in total. The van der Waals surface area contributed by atoms with Gasteiger partial charge in [-0.3, -0.25) is 0 Å². The zero-order valence-corrected chi connectivity index (χ0v) is 16.9. The molecular formula is C22H29N3O3. The van der Waals surface area contributed by atoms with E-state index >= 15 is 0 Å². The Morgan fingerprint density at radius 3 is 2.29 bits per heavy atom. The zero-order valence-electron chi connectivity index (χ0n) is 16.9. The minimum atomic E-state index is -0.00652. The summed E-state index contributed by atoms with van der Waals surface area (Å²) in [5, 5.41) is 3.17. The largest absolute Gasteiger partial charge is 0.497 e. The van der Waals surface area contributed by atoms with Gasteiger partial charge in [0.1, 0.15) is 11.5 Å². The molecule has 2 aromatic rings. The van der Waals surface area contributed by atoms with Crippen LogP contribution in [-0.2, 0) is 0 Å². The lowest BCUT2D eigenvalue weighted by molar-refractivity contribution is 0.190. The molecule has 1 N–H and O–H groups in total. The maximum absolute atomic E-state index is 12.8. The van der Waals surface area contributed by atoms with E-state index in [1.807, 2.05) is 47.4 Å². The Bertz CT molecular complexity index is 771.